The highest BCUT2D eigenvalue weighted by Crippen LogP contribution is 2.05. The van der Waals surface area contributed by atoms with E-state index < -0.39 is 11.2 Å². The molecule has 116 valence electrons. The second-order valence-electron chi connectivity index (χ2n) is 6.97. The number of imidazole rings is 2. The van der Waals surface area contributed by atoms with Crippen molar-refractivity contribution in [3.8, 4) is 0 Å². The van der Waals surface area contributed by atoms with Gasteiger partial charge in [-0.05, 0) is 27.7 Å². The van der Waals surface area contributed by atoms with Gasteiger partial charge in [0.05, 0.1) is 11.2 Å². The summed E-state index contributed by atoms with van der Waals surface area (Å²) in [4.78, 5) is 0. The highest BCUT2D eigenvalue weighted by Gasteiger charge is 2.19. The fourth-order valence-electron chi connectivity index (χ4n) is 2.31. The molecular weight excluding hydrogens is 268 g/mol. The largest absolute Gasteiger partial charge is 0.386 e. The molecule has 0 aliphatic rings. The predicted octanol–water partition coefficient (Wildman–Crippen LogP) is -0.0878. The molecule has 6 nitrogen and oxygen atoms in total. The second-order valence-corrected chi connectivity index (χ2v) is 6.97. The molecule has 0 aliphatic heterocycles. The SMILES string of the molecule is CC(C)(O)Cn1cc[n+](C[n+]2ccn(CC(C)(C)O)c2)c1. The number of aromatic nitrogens is 4. The molecule has 2 rings (SSSR count). The number of hydrogen-bond acceptors (Lipinski definition) is 2. The van der Waals surface area contributed by atoms with Crippen molar-refractivity contribution in [1.82, 2.24) is 9.13 Å². The van der Waals surface area contributed by atoms with E-state index in [1.54, 1.807) is 27.7 Å². The Bertz CT molecular complexity index is 535. The van der Waals surface area contributed by atoms with E-state index in [0.717, 1.165) is 0 Å². The number of aliphatic hydroxyl groups is 2. The molecule has 0 radical (unpaired) electrons. The van der Waals surface area contributed by atoms with Gasteiger partial charge in [0, 0.05) is 0 Å². The highest BCUT2D eigenvalue weighted by atomic mass is 16.3. The van der Waals surface area contributed by atoms with Gasteiger partial charge < -0.3 is 10.2 Å². The van der Waals surface area contributed by atoms with Crippen LogP contribution >= 0.6 is 0 Å². The van der Waals surface area contributed by atoms with E-state index in [1.807, 2.05) is 55.7 Å². The van der Waals surface area contributed by atoms with Gasteiger partial charge in [-0.2, -0.15) is 9.13 Å². The molecular formula is C15H26N4O2+2. The Morgan fingerprint density at radius 1 is 0.810 bits per heavy atom. The van der Waals surface area contributed by atoms with Crippen molar-refractivity contribution in [3.05, 3.63) is 37.4 Å². The first kappa shape index (κ1) is 15.7. The average molecular weight is 294 g/mol. The molecule has 0 unspecified atom stereocenters. The third kappa shape index (κ3) is 5.32. The van der Waals surface area contributed by atoms with Crippen LogP contribution in [-0.2, 0) is 19.8 Å². The van der Waals surface area contributed by atoms with E-state index >= 15 is 0 Å². The summed E-state index contributed by atoms with van der Waals surface area (Å²) < 4.78 is 8.02. The van der Waals surface area contributed by atoms with Gasteiger partial charge >= 0.3 is 0 Å². The molecule has 0 amide bonds. The zero-order valence-corrected chi connectivity index (χ0v) is 13.3. The summed E-state index contributed by atoms with van der Waals surface area (Å²) in [7, 11) is 0. The average Bonchev–Trinajstić information content (AvgIpc) is 2.85. The van der Waals surface area contributed by atoms with Crippen molar-refractivity contribution in [1.29, 1.82) is 0 Å². The van der Waals surface area contributed by atoms with Crippen molar-refractivity contribution in [2.24, 2.45) is 0 Å². The summed E-state index contributed by atoms with van der Waals surface area (Å²) in [6.07, 6.45) is 11.8. The molecule has 6 heteroatoms. The number of hydrogen-bond donors (Lipinski definition) is 2. The van der Waals surface area contributed by atoms with Crippen molar-refractivity contribution < 1.29 is 19.3 Å². The van der Waals surface area contributed by atoms with Crippen LogP contribution in [0.3, 0.4) is 0 Å². The van der Waals surface area contributed by atoms with E-state index in [2.05, 4.69) is 0 Å². The third-order valence-corrected chi connectivity index (χ3v) is 2.96. The Kier molecular flexibility index (Phi) is 4.20. The van der Waals surface area contributed by atoms with Crippen LogP contribution in [-0.4, -0.2) is 30.5 Å². The van der Waals surface area contributed by atoms with Crippen molar-refractivity contribution in [2.45, 2.75) is 58.7 Å². The fourth-order valence-corrected chi connectivity index (χ4v) is 2.31. The maximum Gasteiger partial charge on any atom is 0.247 e. The first-order valence-electron chi connectivity index (χ1n) is 7.15. The quantitative estimate of drug-likeness (QED) is 0.732. The van der Waals surface area contributed by atoms with Crippen molar-refractivity contribution in [3.63, 3.8) is 0 Å². The molecule has 0 spiro atoms. The first-order valence-corrected chi connectivity index (χ1v) is 7.15. The Hall–Kier alpha value is -1.66. The Morgan fingerprint density at radius 2 is 1.19 bits per heavy atom. The summed E-state index contributed by atoms with van der Waals surface area (Å²) in [6.45, 7) is 8.99. The van der Waals surface area contributed by atoms with Crippen LogP contribution in [0.15, 0.2) is 37.4 Å². The topological polar surface area (TPSA) is 58.1 Å². The number of rotatable bonds is 6. The zero-order valence-electron chi connectivity index (χ0n) is 13.3. The predicted molar refractivity (Wildman–Crippen MR) is 77.2 cm³/mol. The third-order valence-electron chi connectivity index (χ3n) is 2.96. The van der Waals surface area contributed by atoms with E-state index in [1.165, 1.54) is 0 Å². The smallest absolute Gasteiger partial charge is 0.247 e. The molecule has 2 heterocycles. The molecule has 0 bridgehead atoms. The monoisotopic (exact) mass is 294 g/mol. The Morgan fingerprint density at radius 3 is 1.52 bits per heavy atom. The van der Waals surface area contributed by atoms with Gasteiger partial charge in [0.1, 0.15) is 37.9 Å². The van der Waals surface area contributed by atoms with E-state index in [4.69, 9.17) is 0 Å². The summed E-state index contributed by atoms with van der Waals surface area (Å²) in [5.41, 5.74) is -1.44. The molecule has 21 heavy (non-hydrogen) atoms. The summed E-state index contributed by atoms with van der Waals surface area (Å²) >= 11 is 0. The Labute approximate surface area is 125 Å². The Balaban J connectivity index is 1.99. The van der Waals surface area contributed by atoms with Gasteiger partial charge in [0.15, 0.2) is 0 Å². The van der Waals surface area contributed by atoms with E-state index in [-0.39, 0.29) is 0 Å². The summed E-state index contributed by atoms with van der Waals surface area (Å²) in [5.74, 6) is 0. The van der Waals surface area contributed by atoms with Crippen LogP contribution in [0.25, 0.3) is 0 Å². The lowest BCUT2D eigenvalue weighted by Crippen LogP contribution is -2.49. The maximum absolute atomic E-state index is 9.82. The fraction of sp³-hybridized carbons (Fsp3) is 0.600. The molecule has 0 atom stereocenters. The van der Waals surface area contributed by atoms with Crippen molar-refractivity contribution >= 4 is 0 Å². The lowest BCUT2D eigenvalue weighted by atomic mass is 10.1. The molecule has 0 saturated carbocycles. The van der Waals surface area contributed by atoms with Gasteiger partial charge in [-0.15, -0.1) is 0 Å². The zero-order chi connectivity index (χ0) is 15.7. The highest BCUT2D eigenvalue weighted by molar-refractivity contribution is 4.74. The molecule has 2 aromatic rings. The molecule has 2 N–H and O–H groups in total. The lowest BCUT2D eigenvalue weighted by molar-refractivity contribution is -0.912. The number of nitrogens with zero attached hydrogens (tertiary/aromatic N) is 4. The minimum Gasteiger partial charge on any atom is -0.386 e. The molecule has 0 saturated heterocycles. The van der Waals surface area contributed by atoms with Crippen LogP contribution in [0.5, 0.6) is 0 Å². The van der Waals surface area contributed by atoms with Gasteiger partial charge in [0.25, 0.3) is 0 Å². The molecule has 0 fully saturated rings. The summed E-state index contributed by atoms with van der Waals surface area (Å²) in [6, 6.07) is 0. The van der Waals surface area contributed by atoms with Crippen LogP contribution in [0.2, 0.25) is 0 Å². The molecule has 0 aromatic carbocycles. The van der Waals surface area contributed by atoms with Gasteiger partial charge in [-0.25, -0.2) is 9.13 Å². The van der Waals surface area contributed by atoms with Crippen LogP contribution in [0, 0.1) is 0 Å². The first-order chi connectivity index (χ1) is 9.61. The standard InChI is InChI=1S/C15H26N4O2/c1-14(2,20)9-16-5-7-18(11-16)13-19-8-6-17(12-19)10-15(3,4)21/h5-8,11-12,20-21H,9-10,13H2,1-4H3/q+2. The van der Waals surface area contributed by atoms with E-state index in [9.17, 15) is 10.2 Å². The molecule has 0 aliphatic carbocycles. The van der Waals surface area contributed by atoms with Crippen LogP contribution < -0.4 is 9.13 Å². The minimum absolute atomic E-state index is 0.560. The summed E-state index contributed by atoms with van der Waals surface area (Å²) in [5, 5.41) is 19.6. The minimum atomic E-state index is -0.722. The van der Waals surface area contributed by atoms with Crippen LogP contribution in [0.1, 0.15) is 27.7 Å². The van der Waals surface area contributed by atoms with Crippen molar-refractivity contribution in [2.75, 3.05) is 0 Å². The van der Waals surface area contributed by atoms with Gasteiger partial charge in [0.2, 0.25) is 19.3 Å². The van der Waals surface area contributed by atoms with Gasteiger partial charge in [-0.1, -0.05) is 0 Å². The van der Waals surface area contributed by atoms with Gasteiger partial charge in [-0.3, -0.25) is 0 Å². The normalized spacial score (nSPS) is 12.9. The maximum atomic E-state index is 9.82. The van der Waals surface area contributed by atoms with Crippen LogP contribution in [0.4, 0.5) is 0 Å². The van der Waals surface area contributed by atoms with E-state index in [0.29, 0.717) is 19.8 Å². The lowest BCUT2D eigenvalue weighted by Gasteiger charge is -2.13. The second kappa shape index (κ2) is 5.61. The molecule has 2 aromatic heterocycles.